The fourth-order valence-electron chi connectivity index (χ4n) is 12.8. The second-order valence-corrected chi connectivity index (χ2v) is 26.3. The monoisotopic (exact) mass is 1350 g/mol. The molecule has 5 aliphatic heterocycles. The zero-order chi connectivity index (χ0) is 68.1. The molecule has 7 aromatic rings. The van der Waals surface area contributed by atoms with Gasteiger partial charge in [0.25, 0.3) is 11.8 Å². The number of carbonyl (C=O) groups excluding carboxylic acids is 3. The van der Waals surface area contributed by atoms with Crippen molar-refractivity contribution in [2.45, 2.75) is 108 Å². The number of benzene rings is 7. The highest BCUT2D eigenvalue weighted by Gasteiger charge is 2.45. The van der Waals surface area contributed by atoms with Crippen molar-refractivity contribution in [1.29, 1.82) is 0 Å². The molecule has 1 unspecified atom stereocenters. The van der Waals surface area contributed by atoms with Crippen LogP contribution >= 0.6 is 0 Å². The molecule has 0 aliphatic carbocycles. The summed E-state index contributed by atoms with van der Waals surface area (Å²) in [4.78, 5) is 55.2. The molecule has 0 radical (unpaired) electrons. The maximum absolute atomic E-state index is 14.2. The second kappa shape index (κ2) is 29.2. The molecule has 1 fully saturated rings. The summed E-state index contributed by atoms with van der Waals surface area (Å²) in [7, 11) is 2.14. The number of ketones is 1. The second-order valence-electron chi connectivity index (χ2n) is 25.2. The van der Waals surface area contributed by atoms with Crippen LogP contribution in [0.3, 0.4) is 0 Å². The molecule has 7 atom stereocenters. The molecule has 0 saturated carbocycles. The van der Waals surface area contributed by atoms with Crippen molar-refractivity contribution in [2.24, 2.45) is 15.7 Å². The minimum absolute atomic E-state index is 0.0229. The van der Waals surface area contributed by atoms with Gasteiger partial charge in [-0.2, -0.15) is 0 Å². The van der Waals surface area contributed by atoms with E-state index in [0.717, 1.165) is 39.4 Å². The van der Waals surface area contributed by atoms with E-state index < -0.39 is 53.5 Å². The van der Waals surface area contributed by atoms with Gasteiger partial charge in [0.15, 0.2) is 40.3 Å². The third kappa shape index (κ3) is 15.4. The lowest BCUT2D eigenvalue weighted by Crippen LogP contribution is -2.60. The quantitative estimate of drug-likeness (QED) is 0.0206. The number of nitrogens with zero attached hydrogens (tertiary/aromatic N) is 5. The fourth-order valence-corrected chi connectivity index (χ4v) is 13.5. The number of hydrogen-bond donors (Lipinski definition) is 5. The summed E-state index contributed by atoms with van der Waals surface area (Å²) in [5.41, 5.74) is 15.1. The molecule has 2 amide bonds. The van der Waals surface area contributed by atoms with Gasteiger partial charge in [0.1, 0.15) is 56.5 Å². The standard InChI is InChI=1S/C72H77N6O18S/c1-78(2,38-43-15-18-54(19-16-43)95-97(86,87)96-65-29-49(59(80)14-9-22-90-23-21-73)17-20-60(65)93-72-69(83)68(82)67(81)66(40-79)94-72)39-44-24-45(41-91-63-32-57-55(30-61(63)88-3)70(84)76-36-50-12-7-5-10-47(50)27-52(76)34-74-57)26-46(25-44)42-92-64-33-58-56(31-62(64)89-4)71(85)77-37-51-13-8-6-11-48(51)28-53(77)35-75-58/h5-8,10-13,15-20,24-26,29-35,52-53,66-69,72,79,81-83H,9,14,21-23,27-28,36-42,73H2,1-4H3/q+1/t52-,53-,66+,67-,68-,69-,72?/m0/s1. The highest BCUT2D eigenvalue weighted by molar-refractivity contribution is 7.82. The van der Waals surface area contributed by atoms with Gasteiger partial charge >= 0.3 is 10.4 Å². The number of aliphatic hydroxyl groups excluding tert-OH is 4. The molecule has 1 saturated heterocycles. The molecule has 24 nitrogen and oxygen atoms in total. The number of Topliss-reactive ketones (excluding diaryl/α,β-unsaturated/α-hetero) is 1. The van der Waals surface area contributed by atoms with Crippen molar-refractivity contribution in [2.75, 3.05) is 54.7 Å². The summed E-state index contributed by atoms with van der Waals surface area (Å²) < 4.78 is 80.4. The van der Waals surface area contributed by atoms with E-state index in [1.807, 2.05) is 90.9 Å². The van der Waals surface area contributed by atoms with Crippen LogP contribution in [0.5, 0.6) is 40.2 Å². The number of rotatable bonds is 26. The Labute approximate surface area is 561 Å². The first kappa shape index (κ1) is 67.7. The number of ether oxygens (including phenoxy) is 7. The van der Waals surface area contributed by atoms with Crippen LogP contribution in [-0.2, 0) is 72.1 Å². The first-order valence-corrected chi connectivity index (χ1v) is 33.2. The van der Waals surface area contributed by atoms with Gasteiger partial charge in [0, 0.05) is 73.9 Å². The number of hydrogen-bond acceptors (Lipinski definition) is 21. The Kier molecular flexibility index (Phi) is 20.4. The number of fused-ring (bicyclic) bond motifs is 6. The predicted octanol–water partition coefficient (Wildman–Crippen LogP) is 7.02. The minimum atomic E-state index is -5.00. The molecule has 0 aromatic heterocycles. The van der Waals surface area contributed by atoms with Gasteiger partial charge in [-0.3, -0.25) is 24.4 Å². The van der Waals surface area contributed by atoms with E-state index in [1.54, 1.807) is 36.4 Å². The molecular weight excluding hydrogens is 1270 g/mol. The molecule has 12 rings (SSSR count). The SMILES string of the molecule is COc1cc2c(cc1OCc1cc(COc3cc4c(cc3OC)C(=O)N3Cc5ccccc5C[C@H]3C=N4)cc(C[N+](C)(C)Cc3ccc(OS(=O)(=O)Oc4cc(C(=O)CCCOCCN)ccc4OC4O[C@H](CO)[C@H](O)[C@H](O)[C@@H]4O)cc3)c1)N=C[C@@H]1Cc3ccccc3CN1C2=O. The highest BCUT2D eigenvalue weighted by Crippen LogP contribution is 2.42. The van der Waals surface area contributed by atoms with Crippen molar-refractivity contribution in [3.05, 3.63) is 195 Å². The molecule has 0 bridgehead atoms. The Morgan fingerprint density at radius 1 is 0.619 bits per heavy atom. The third-order valence-corrected chi connectivity index (χ3v) is 18.4. The maximum atomic E-state index is 14.2. The Bertz CT molecular complexity index is 4100. The first-order chi connectivity index (χ1) is 46.8. The highest BCUT2D eigenvalue weighted by atomic mass is 32.3. The van der Waals surface area contributed by atoms with Crippen LogP contribution < -0.4 is 37.8 Å². The summed E-state index contributed by atoms with van der Waals surface area (Å²) in [6.45, 7) is 2.08. The lowest BCUT2D eigenvalue weighted by molar-refractivity contribution is -0.916. The van der Waals surface area contributed by atoms with Crippen molar-refractivity contribution < 1.29 is 89.2 Å². The Balaban J connectivity index is 0.773. The summed E-state index contributed by atoms with van der Waals surface area (Å²) in [6.07, 6.45) is -3.14. The number of nitrogens with two attached hydrogens (primary N) is 1. The summed E-state index contributed by atoms with van der Waals surface area (Å²) >= 11 is 0. The number of quaternary nitrogens is 1. The van der Waals surface area contributed by atoms with E-state index in [2.05, 4.69) is 12.1 Å². The predicted molar refractivity (Wildman–Crippen MR) is 355 cm³/mol. The first-order valence-electron chi connectivity index (χ1n) is 31.9. The molecular formula is C72H77N6O18S+. The van der Waals surface area contributed by atoms with Crippen LogP contribution in [0.25, 0.3) is 0 Å². The average Bonchev–Trinajstić information content (AvgIpc) is 1.65. The van der Waals surface area contributed by atoms with Crippen molar-refractivity contribution >= 4 is 51.8 Å². The molecule has 6 N–H and O–H groups in total. The van der Waals surface area contributed by atoms with E-state index in [9.17, 15) is 43.2 Å². The lowest BCUT2D eigenvalue weighted by Gasteiger charge is -2.39. The third-order valence-electron chi connectivity index (χ3n) is 17.6. The summed E-state index contributed by atoms with van der Waals surface area (Å²) in [5.74, 6) is -0.219. The molecule has 5 heterocycles. The Morgan fingerprint density at radius 2 is 1.16 bits per heavy atom. The number of methoxy groups -OCH3 is 2. The van der Waals surface area contributed by atoms with Crippen LogP contribution in [0.15, 0.2) is 143 Å². The van der Waals surface area contributed by atoms with E-state index in [-0.39, 0.29) is 73.0 Å². The fraction of sp³-hybridized carbons (Fsp3) is 0.347. The Morgan fingerprint density at radius 3 is 1.71 bits per heavy atom. The zero-order valence-corrected chi connectivity index (χ0v) is 54.8. The van der Waals surface area contributed by atoms with Crippen molar-refractivity contribution in [3.8, 4) is 40.2 Å². The van der Waals surface area contributed by atoms with Crippen LogP contribution in [0.1, 0.15) is 88.4 Å². The van der Waals surface area contributed by atoms with Crippen molar-refractivity contribution in [3.63, 3.8) is 0 Å². The van der Waals surface area contributed by atoms with E-state index in [0.29, 0.717) is 109 Å². The van der Waals surface area contributed by atoms with Crippen LogP contribution in [-0.4, -0.2) is 171 Å². The van der Waals surface area contributed by atoms with Crippen LogP contribution in [0.4, 0.5) is 11.4 Å². The normalized spacial score (nSPS) is 20.2. The number of aliphatic imine (C=N–C) groups is 2. The molecule has 508 valence electrons. The molecule has 0 spiro atoms. The van der Waals surface area contributed by atoms with Gasteiger partial charge in [0.2, 0.25) is 6.29 Å². The van der Waals surface area contributed by atoms with Gasteiger partial charge in [-0.1, -0.05) is 48.5 Å². The van der Waals surface area contributed by atoms with Crippen LogP contribution in [0.2, 0.25) is 0 Å². The van der Waals surface area contributed by atoms with Gasteiger partial charge in [0.05, 0.1) is 76.1 Å². The van der Waals surface area contributed by atoms with E-state index in [4.69, 9.17) is 57.2 Å². The molecule has 97 heavy (non-hydrogen) atoms. The maximum Gasteiger partial charge on any atom is 0.501 e. The molecule has 5 aliphatic rings. The van der Waals surface area contributed by atoms with Gasteiger partial charge < -0.3 is 82.0 Å². The lowest BCUT2D eigenvalue weighted by atomic mass is 9.94. The largest absolute Gasteiger partial charge is 0.501 e. The van der Waals surface area contributed by atoms with Crippen molar-refractivity contribution in [1.82, 2.24) is 9.80 Å². The molecule has 7 aromatic carbocycles. The minimum Gasteiger partial charge on any atom is -0.493 e. The smallest absolute Gasteiger partial charge is 0.493 e. The number of aliphatic hydroxyl groups is 4. The van der Waals surface area contributed by atoms with E-state index >= 15 is 0 Å². The summed E-state index contributed by atoms with van der Waals surface area (Å²) in [5, 5.41) is 41.3. The Hall–Kier alpha value is -9.28. The van der Waals surface area contributed by atoms with E-state index in [1.165, 1.54) is 49.6 Å². The summed E-state index contributed by atoms with van der Waals surface area (Å²) in [6, 6.07) is 38.7. The topological polar surface area (TPSA) is 307 Å². The van der Waals surface area contributed by atoms with Gasteiger partial charge in [-0.05, 0) is 125 Å². The average molecular weight is 1350 g/mol. The number of carbonyl (C=O) groups is 3. The zero-order valence-electron chi connectivity index (χ0n) is 54.0. The van der Waals surface area contributed by atoms with Crippen LogP contribution in [0, 0.1) is 0 Å². The molecule has 25 heteroatoms. The van der Waals surface area contributed by atoms with Gasteiger partial charge in [-0.15, -0.1) is 8.42 Å². The number of amides is 2. The van der Waals surface area contributed by atoms with Gasteiger partial charge in [-0.25, -0.2) is 0 Å².